The Balaban J connectivity index is 1.83. The highest BCUT2D eigenvalue weighted by molar-refractivity contribution is 7.16. The van der Waals surface area contributed by atoms with Crippen molar-refractivity contribution in [2.75, 3.05) is 19.6 Å². The van der Waals surface area contributed by atoms with Crippen molar-refractivity contribution in [1.82, 2.24) is 10.2 Å². The molecule has 1 aliphatic rings. The molecule has 2 heterocycles. The summed E-state index contributed by atoms with van der Waals surface area (Å²) in [4.78, 5) is 4.02. The number of piperazine rings is 1. The lowest BCUT2D eigenvalue weighted by Gasteiger charge is -2.39. The fraction of sp³-hybridized carbons (Fsp3) is 0.733. The molecular formula is C15H25ClN2S. The van der Waals surface area contributed by atoms with E-state index in [0.29, 0.717) is 12.1 Å². The molecule has 1 aliphatic heterocycles. The van der Waals surface area contributed by atoms with Gasteiger partial charge in [-0.15, -0.1) is 11.3 Å². The minimum Gasteiger partial charge on any atom is -0.311 e. The van der Waals surface area contributed by atoms with E-state index in [9.17, 15) is 0 Å². The van der Waals surface area contributed by atoms with Crippen molar-refractivity contribution >= 4 is 22.9 Å². The summed E-state index contributed by atoms with van der Waals surface area (Å²) in [5.41, 5.74) is 0. The van der Waals surface area contributed by atoms with E-state index in [1.165, 1.54) is 17.8 Å². The molecule has 2 atom stereocenters. The molecule has 1 saturated heterocycles. The maximum absolute atomic E-state index is 5.99. The monoisotopic (exact) mass is 300 g/mol. The number of hydrogen-bond donors (Lipinski definition) is 1. The minimum absolute atomic E-state index is 0.638. The largest absolute Gasteiger partial charge is 0.311 e. The maximum Gasteiger partial charge on any atom is 0.0931 e. The third-order valence-corrected chi connectivity index (χ3v) is 5.10. The fourth-order valence-corrected chi connectivity index (χ4v) is 3.85. The first-order chi connectivity index (χ1) is 9.04. The number of rotatable bonds is 5. The molecule has 1 aromatic heterocycles. The molecule has 19 heavy (non-hydrogen) atoms. The summed E-state index contributed by atoms with van der Waals surface area (Å²) < 4.78 is 0.904. The predicted octanol–water partition coefficient (Wildman–Crippen LogP) is 3.65. The van der Waals surface area contributed by atoms with Crippen LogP contribution in [0, 0.1) is 5.92 Å². The number of nitrogens with zero attached hydrogens (tertiary/aromatic N) is 1. The zero-order chi connectivity index (χ0) is 13.8. The summed E-state index contributed by atoms with van der Waals surface area (Å²) in [7, 11) is 0. The Kier molecular flexibility index (Phi) is 5.70. The van der Waals surface area contributed by atoms with Crippen LogP contribution in [0.4, 0.5) is 0 Å². The molecule has 0 saturated carbocycles. The number of thiophene rings is 1. The van der Waals surface area contributed by atoms with Crippen molar-refractivity contribution < 1.29 is 0 Å². The van der Waals surface area contributed by atoms with Crippen LogP contribution in [0.15, 0.2) is 12.1 Å². The van der Waals surface area contributed by atoms with Crippen LogP contribution in [-0.2, 0) is 6.42 Å². The van der Waals surface area contributed by atoms with E-state index in [1.54, 1.807) is 11.3 Å². The molecule has 2 unspecified atom stereocenters. The normalized spacial score (nSPS) is 25.1. The standard InChI is InChI=1S/C15H25ClN2S/c1-11(2)8-13-10-18(12(3)9-17-13)7-6-14-4-5-15(16)19-14/h4-5,11-13,17H,6-10H2,1-3H3. The van der Waals surface area contributed by atoms with E-state index in [1.807, 2.05) is 6.07 Å². The summed E-state index contributed by atoms with van der Waals surface area (Å²) in [6.07, 6.45) is 2.39. The molecule has 1 fully saturated rings. The smallest absolute Gasteiger partial charge is 0.0931 e. The van der Waals surface area contributed by atoms with Crippen LogP contribution in [0.3, 0.4) is 0 Å². The van der Waals surface area contributed by atoms with Crippen molar-refractivity contribution in [3.63, 3.8) is 0 Å². The summed E-state index contributed by atoms with van der Waals surface area (Å²) in [5.74, 6) is 0.767. The SMILES string of the molecule is CC(C)CC1CN(CCc2ccc(Cl)s2)C(C)CN1. The Hall–Kier alpha value is -0.0900. The molecule has 108 valence electrons. The van der Waals surface area contributed by atoms with Crippen LogP contribution >= 0.6 is 22.9 Å². The van der Waals surface area contributed by atoms with Crippen LogP contribution in [-0.4, -0.2) is 36.6 Å². The first-order valence-corrected chi connectivity index (χ1v) is 8.45. The van der Waals surface area contributed by atoms with Crippen molar-refractivity contribution in [3.05, 3.63) is 21.3 Å². The van der Waals surface area contributed by atoms with Gasteiger partial charge in [-0.1, -0.05) is 25.4 Å². The van der Waals surface area contributed by atoms with E-state index in [0.717, 1.165) is 29.8 Å². The molecule has 2 rings (SSSR count). The van der Waals surface area contributed by atoms with E-state index in [2.05, 4.69) is 37.1 Å². The minimum atomic E-state index is 0.638. The van der Waals surface area contributed by atoms with Gasteiger partial charge in [-0.2, -0.15) is 0 Å². The van der Waals surface area contributed by atoms with Crippen LogP contribution in [0.25, 0.3) is 0 Å². The Labute approximate surface area is 126 Å². The van der Waals surface area contributed by atoms with Crippen LogP contribution in [0.1, 0.15) is 32.1 Å². The maximum atomic E-state index is 5.99. The molecule has 0 bridgehead atoms. The first kappa shape index (κ1) is 15.3. The molecule has 1 aromatic rings. The van der Waals surface area contributed by atoms with Crippen molar-refractivity contribution in [3.8, 4) is 0 Å². The molecule has 4 heteroatoms. The highest BCUT2D eigenvalue weighted by atomic mass is 35.5. The summed E-state index contributed by atoms with van der Waals surface area (Å²) >= 11 is 7.70. The molecule has 0 aromatic carbocycles. The average Bonchev–Trinajstić information content (AvgIpc) is 2.75. The molecule has 0 radical (unpaired) electrons. The van der Waals surface area contributed by atoms with Crippen LogP contribution < -0.4 is 5.32 Å². The highest BCUT2D eigenvalue weighted by Gasteiger charge is 2.24. The predicted molar refractivity (Wildman–Crippen MR) is 85.3 cm³/mol. The summed E-state index contributed by atoms with van der Waals surface area (Å²) in [6.45, 7) is 10.4. The molecule has 1 N–H and O–H groups in total. The van der Waals surface area contributed by atoms with Gasteiger partial charge >= 0.3 is 0 Å². The number of hydrogen-bond acceptors (Lipinski definition) is 3. The summed E-state index contributed by atoms with van der Waals surface area (Å²) in [6, 6.07) is 5.46. The lowest BCUT2D eigenvalue weighted by molar-refractivity contribution is 0.134. The zero-order valence-electron chi connectivity index (χ0n) is 12.2. The number of halogens is 1. The molecular weight excluding hydrogens is 276 g/mol. The zero-order valence-corrected chi connectivity index (χ0v) is 13.7. The Morgan fingerprint density at radius 1 is 1.47 bits per heavy atom. The lowest BCUT2D eigenvalue weighted by Crippen LogP contribution is -2.56. The lowest BCUT2D eigenvalue weighted by atomic mass is 10.00. The van der Waals surface area contributed by atoms with Gasteiger partial charge in [-0.05, 0) is 37.8 Å². The van der Waals surface area contributed by atoms with E-state index >= 15 is 0 Å². The van der Waals surface area contributed by atoms with Gasteiger partial charge in [0.05, 0.1) is 4.34 Å². The Bertz CT molecular complexity index is 391. The second-order valence-electron chi connectivity index (χ2n) is 6.03. The second-order valence-corrected chi connectivity index (χ2v) is 7.83. The average molecular weight is 301 g/mol. The molecule has 0 spiro atoms. The highest BCUT2D eigenvalue weighted by Crippen LogP contribution is 2.22. The van der Waals surface area contributed by atoms with Gasteiger partial charge in [0, 0.05) is 36.6 Å². The first-order valence-electron chi connectivity index (χ1n) is 7.26. The van der Waals surface area contributed by atoms with Gasteiger partial charge in [-0.3, -0.25) is 4.90 Å². The van der Waals surface area contributed by atoms with Crippen LogP contribution in [0.5, 0.6) is 0 Å². The van der Waals surface area contributed by atoms with Gasteiger partial charge in [0.1, 0.15) is 0 Å². The topological polar surface area (TPSA) is 15.3 Å². The van der Waals surface area contributed by atoms with E-state index in [-0.39, 0.29) is 0 Å². The number of nitrogens with one attached hydrogen (secondary N) is 1. The van der Waals surface area contributed by atoms with Gasteiger partial charge in [-0.25, -0.2) is 0 Å². The van der Waals surface area contributed by atoms with E-state index in [4.69, 9.17) is 11.6 Å². The van der Waals surface area contributed by atoms with Crippen molar-refractivity contribution in [2.24, 2.45) is 5.92 Å². The summed E-state index contributed by atoms with van der Waals surface area (Å²) in [5, 5.41) is 3.67. The van der Waals surface area contributed by atoms with E-state index < -0.39 is 0 Å². The Morgan fingerprint density at radius 3 is 2.89 bits per heavy atom. The second kappa shape index (κ2) is 7.07. The third kappa shape index (κ3) is 4.75. The van der Waals surface area contributed by atoms with Crippen molar-refractivity contribution in [2.45, 2.75) is 45.7 Å². The van der Waals surface area contributed by atoms with Gasteiger partial charge in [0.15, 0.2) is 0 Å². The third-order valence-electron chi connectivity index (χ3n) is 3.81. The Morgan fingerprint density at radius 2 is 2.26 bits per heavy atom. The van der Waals surface area contributed by atoms with Gasteiger partial charge < -0.3 is 5.32 Å². The van der Waals surface area contributed by atoms with Gasteiger partial charge in [0.25, 0.3) is 0 Å². The van der Waals surface area contributed by atoms with Crippen LogP contribution in [0.2, 0.25) is 4.34 Å². The van der Waals surface area contributed by atoms with Crippen molar-refractivity contribution in [1.29, 1.82) is 0 Å². The van der Waals surface area contributed by atoms with Gasteiger partial charge in [0.2, 0.25) is 0 Å². The fourth-order valence-electron chi connectivity index (χ4n) is 2.77. The molecule has 0 amide bonds. The quantitative estimate of drug-likeness (QED) is 0.893. The molecule has 0 aliphatic carbocycles. The molecule has 2 nitrogen and oxygen atoms in total.